The molecule has 0 unspecified atom stereocenters. The quantitative estimate of drug-likeness (QED) is 0.644. The van der Waals surface area contributed by atoms with Crippen LogP contribution >= 0.6 is 0 Å². The van der Waals surface area contributed by atoms with Crippen LogP contribution in [0.4, 0.5) is 17.5 Å². The van der Waals surface area contributed by atoms with Crippen molar-refractivity contribution < 1.29 is 0 Å². The minimum atomic E-state index is -0.139. The van der Waals surface area contributed by atoms with Crippen LogP contribution in [0.5, 0.6) is 0 Å². The van der Waals surface area contributed by atoms with E-state index in [0.717, 1.165) is 0 Å². The number of H-pyrrole nitrogens is 1. The maximum absolute atomic E-state index is 11.8. The fraction of sp³-hybridized carbons (Fsp3) is 0.600. The van der Waals surface area contributed by atoms with E-state index in [1.807, 2.05) is 21.0 Å². The third-order valence-corrected chi connectivity index (χ3v) is 2.82. The van der Waals surface area contributed by atoms with E-state index >= 15 is 0 Å². The van der Waals surface area contributed by atoms with Gasteiger partial charge < -0.3 is 15.5 Å². The van der Waals surface area contributed by atoms with Gasteiger partial charge in [-0.05, 0) is 13.8 Å². The normalized spacial score (nSPS) is 23.0. The second-order valence-corrected chi connectivity index (χ2v) is 4.37. The summed E-state index contributed by atoms with van der Waals surface area (Å²) in [5, 5.41) is 6.38. The molecule has 0 bridgehead atoms. The number of hydrogen-bond donors (Lipinski definition) is 3. The van der Waals surface area contributed by atoms with Gasteiger partial charge in [-0.2, -0.15) is 4.98 Å². The zero-order valence-corrected chi connectivity index (χ0v) is 9.96. The summed E-state index contributed by atoms with van der Waals surface area (Å²) in [7, 11) is 3.68. The number of rotatable bonds is 1. The summed E-state index contributed by atoms with van der Waals surface area (Å²) >= 11 is 0. The van der Waals surface area contributed by atoms with E-state index in [0.29, 0.717) is 17.5 Å². The van der Waals surface area contributed by atoms with E-state index in [1.165, 1.54) is 0 Å². The lowest BCUT2D eigenvalue weighted by atomic mass is 10.1. The van der Waals surface area contributed by atoms with Crippen molar-refractivity contribution in [3.05, 3.63) is 10.4 Å². The predicted octanol–water partition coefficient (Wildman–Crippen LogP) is 0.450. The van der Waals surface area contributed by atoms with Gasteiger partial charge in [0.2, 0.25) is 5.95 Å². The largest absolute Gasteiger partial charge is 0.373 e. The molecule has 1 aromatic heterocycles. The van der Waals surface area contributed by atoms with Crippen LogP contribution in [0.2, 0.25) is 0 Å². The Kier molecular flexibility index (Phi) is 2.49. The van der Waals surface area contributed by atoms with Gasteiger partial charge in [0, 0.05) is 26.2 Å². The van der Waals surface area contributed by atoms with Crippen molar-refractivity contribution in [3.8, 4) is 0 Å². The predicted molar refractivity (Wildman–Crippen MR) is 65.4 cm³/mol. The van der Waals surface area contributed by atoms with Gasteiger partial charge in [0.1, 0.15) is 5.69 Å². The Balaban J connectivity index is 2.49. The fourth-order valence-corrected chi connectivity index (χ4v) is 1.60. The third-order valence-electron chi connectivity index (χ3n) is 2.82. The van der Waals surface area contributed by atoms with Gasteiger partial charge >= 0.3 is 0 Å². The second kappa shape index (κ2) is 3.70. The van der Waals surface area contributed by atoms with E-state index in [2.05, 4.69) is 27.5 Å². The fourth-order valence-electron chi connectivity index (χ4n) is 1.60. The smallest absolute Gasteiger partial charge is 0.277 e. The molecule has 2 rings (SSSR count). The Bertz CT molecular complexity index is 453. The highest BCUT2D eigenvalue weighted by Crippen LogP contribution is 2.23. The van der Waals surface area contributed by atoms with Crippen LogP contribution in [-0.4, -0.2) is 36.1 Å². The molecule has 2 atom stereocenters. The van der Waals surface area contributed by atoms with Gasteiger partial charge in [-0.3, -0.25) is 9.78 Å². The zero-order chi connectivity index (χ0) is 11.9. The average Bonchev–Trinajstić information content (AvgIpc) is 2.20. The number of hydrogen-bond acceptors (Lipinski definition) is 5. The molecule has 0 saturated heterocycles. The molecule has 0 amide bonds. The first-order valence-electron chi connectivity index (χ1n) is 5.33. The number of aromatic nitrogens is 2. The van der Waals surface area contributed by atoms with Crippen LogP contribution in [0.15, 0.2) is 4.79 Å². The van der Waals surface area contributed by atoms with Crippen LogP contribution in [-0.2, 0) is 0 Å². The molecule has 6 nitrogen and oxygen atoms in total. The number of nitrogens with one attached hydrogen (secondary N) is 3. The molecule has 1 aromatic rings. The van der Waals surface area contributed by atoms with Crippen molar-refractivity contribution >= 4 is 17.5 Å². The highest BCUT2D eigenvalue weighted by molar-refractivity contribution is 5.68. The number of aromatic amines is 1. The summed E-state index contributed by atoms with van der Waals surface area (Å²) in [6, 6.07) is 0.456. The van der Waals surface area contributed by atoms with Gasteiger partial charge in [-0.1, -0.05) is 0 Å². The lowest BCUT2D eigenvalue weighted by Crippen LogP contribution is -2.42. The maximum Gasteiger partial charge on any atom is 0.277 e. The second-order valence-electron chi connectivity index (χ2n) is 4.37. The molecule has 1 aliphatic rings. The summed E-state index contributed by atoms with van der Waals surface area (Å²) in [5.74, 6) is 1.18. The highest BCUT2D eigenvalue weighted by atomic mass is 16.1. The first-order valence-corrected chi connectivity index (χ1v) is 5.33. The van der Waals surface area contributed by atoms with Gasteiger partial charge in [0.15, 0.2) is 5.82 Å². The van der Waals surface area contributed by atoms with Crippen molar-refractivity contribution in [1.82, 2.24) is 9.97 Å². The molecular weight excluding hydrogens is 206 g/mol. The minimum absolute atomic E-state index is 0.139. The molecular formula is C10H17N5O. The van der Waals surface area contributed by atoms with Crippen molar-refractivity contribution in [2.24, 2.45) is 0 Å². The molecule has 0 fully saturated rings. The Labute approximate surface area is 94.1 Å². The van der Waals surface area contributed by atoms with Crippen LogP contribution in [0.25, 0.3) is 0 Å². The summed E-state index contributed by atoms with van der Waals surface area (Å²) in [5.41, 5.74) is 0.385. The van der Waals surface area contributed by atoms with Gasteiger partial charge in [-0.15, -0.1) is 0 Å². The number of anilines is 3. The Morgan fingerprint density at radius 1 is 1.19 bits per heavy atom. The Morgan fingerprint density at radius 3 is 2.44 bits per heavy atom. The molecule has 3 N–H and O–H groups in total. The Morgan fingerprint density at radius 2 is 1.81 bits per heavy atom. The van der Waals surface area contributed by atoms with E-state index in [-0.39, 0.29) is 17.6 Å². The molecule has 0 spiro atoms. The molecule has 2 heterocycles. The lowest BCUT2D eigenvalue weighted by Gasteiger charge is -2.30. The zero-order valence-electron chi connectivity index (χ0n) is 9.96. The first kappa shape index (κ1) is 10.8. The van der Waals surface area contributed by atoms with E-state index in [9.17, 15) is 4.79 Å². The summed E-state index contributed by atoms with van der Waals surface area (Å²) in [4.78, 5) is 20.7. The van der Waals surface area contributed by atoms with Crippen molar-refractivity contribution in [3.63, 3.8) is 0 Å². The van der Waals surface area contributed by atoms with Crippen LogP contribution in [0, 0.1) is 0 Å². The molecule has 0 aliphatic carbocycles. The molecule has 6 heteroatoms. The minimum Gasteiger partial charge on any atom is -0.373 e. The number of nitrogens with zero attached hydrogens (tertiary/aromatic N) is 2. The average molecular weight is 223 g/mol. The molecule has 88 valence electrons. The Hall–Kier alpha value is -1.72. The molecule has 0 radical (unpaired) electrons. The molecule has 0 saturated carbocycles. The molecule has 0 aromatic carbocycles. The standard InChI is InChI=1S/C10H17N5O/c1-5-6(2)12-8-7(11-5)9(16)14-10(13-8)15(3)4/h5-6,11H,1-4H3,(H2,12,13,14,16)/t5-,6+/m0/s1. The van der Waals surface area contributed by atoms with Gasteiger partial charge in [-0.25, -0.2) is 0 Å². The molecule has 16 heavy (non-hydrogen) atoms. The monoisotopic (exact) mass is 223 g/mol. The SMILES string of the molecule is C[C@@H]1Nc2c(nc(N(C)C)[nH]c2=O)N[C@@H]1C. The van der Waals surface area contributed by atoms with Crippen molar-refractivity contribution in [2.75, 3.05) is 29.6 Å². The summed E-state index contributed by atoms with van der Waals surface area (Å²) in [6.45, 7) is 4.08. The van der Waals surface area contributed by atoms with Gasteiger partial charge in [0.25, 0.3) is 5.56 Å². The third kappa shape index (κ3) is 1.70. The van der Waals surface area contributed by atoms with Crippen LogP contribution < -0.4 is 21.1 Å². The van der Waals surface area contributed by atoms with Gasteiger partial charge in [0.05, 0.1) is 0 Å². The number of fused-ring (bicyclic) bond motifs is 1. The molecule has 1 aliphatic heterocycles. The maximum atomic E-state index is 11.8. The van der Waals surface area contributed by atoms with Crippen LogP contribution in [0.3, 0.4) is 0 Å². The van der Waals surface area contributed by atoms with E-state index in [4.69, 9.17) is 0 Å². The first-order chi connectivity index (χ1) is 7.49. The highest BCUT2D eigenvalue weighted by Gasteiger charge is 2.24. The van der Waals surface area contributed by atoms with Crippen LogP contribution in [0.1, 0.15) is 13.8 Å². The lowest BCUT2D eigenvalue weighted by molar-refractivity contribution is 0.655. The van der Waals surface area contributed by atoms with Crippen molar-refractivity contribution in [2.45, 2.75) is 25.9 Å². The van der Waals surface area contributed by atoms with E-state index in [1.54, 1.807) is 4.90 Å². The topological polar surface area (TPSA) is 73.0 Å². The van der Waals surface area contributed by atoms with Crippen molar-refractivity contribution in [1.29, 1.82) is 0 Å². The summed E-state index contributed by atoms with van der Waals surface area (Å²) in [6.07, 6.45) is 0. The summed E-state index contributed by atoms with van der Waals surface area (Å²) < 4.78 is 0. The van der Waals surface area contributed by atoms with E-state index < -0.39 is 0 Å².